The van der Waals surface area contributed by atoms with Gasteiger partial charge in [0.25, 0.3) is 0 Å². The third-order valence-electron chi connectivity index (χ3n) is 3.51. The van der Waals surface area contributed by atoms with Gasteiger partial charge in [-0.25, -0.2) is 0 Å². The fraction of sp³-hybridized carbons (Fsp3) is 0.312. The summed E-state index contributed by atoms with van der Waals surface area (Å²) < 4.78 is 5.75. The van der Waals surface area contributed by atoms with Crippen molar-refractivity contribution in [3.05, 3.63) is 59.4 Å². The Kier molecular flexibility index (Phi) is 3.47. The average Bonchev–Trinajstić information content (AvgIpc) is 2.46. The summed E-state index contributed by atoms with van der Waals surface area (Å²) >= 11 is 0. The molecule has 1 N–H and O–H groups in total. The van der Waals surface area contributed by atoms with Gasteiger partial charge >= 0.3 is 0 Å². The van der Waals surface area contributed by atoms with Crippen LogP contribution in [0, 0.1) is 0 Å². The number of pyridine rings is 1. The number of aliphatic hydroxyl groups excluding tert-OH is 1. The van der Waals surface area contributed by atoms with Crippen molar-refractivity contribution in [2.75, 3.05) is 0 Å². The Hall–Kier alpha value is -1.87. The molecule has 1 aliphatic carbocycles. The van der Waals surface area contributed by atoms with Gasteiger partial charge in [-0.1, -0.05) is 12.1 Å². The average molecular weight is 255 g/mol. The van der Waals surface area contributed by atoms with E-state index in [2.05, 4.69) is 4.98 Å². The largest absolute Gasteiger partial charge is 0.487 e. The van der Waals surface area contributed by atoms with E-state index >= 15 is 0 Å². The Morgan fingerprint density at radius 1 is 1.26 bits per heavy atom. The minimum absolute atomic E-state index is 0.311. The Morgan fingerprint density at radius 2 is 2.21 bits per heavy atom. The molecule has 0 radical (unpaired) electrons. The van der Waals surface area contributed by atoms with E-state index in [1.54, 1.807) is 6.20 Å². The first-order valence-corrected chi connectivity index (χ1v) is 6.66. The van der Waals surface area contributed by atoms with E-state index in [1.807, 2.05) is 36.4 Å². The predicted molar refractivity (Wildman–Crippen MR) is 72.9 cm³/mol. The molecule has 3 rings (SSSR count). The van der Waals surface area contributed by atoms with E-state index in [-0.39, 0.29) is 6.10 Å². The normalized spacial score (nSPS) is 17.8. The van der Waals surface area contributed by atoms with E-state index in [0.717, 1.165) is 36.3 Å². The molecule has 3 heteroatoms. The number of nitrogens with zero attached hydrogens (tertiary/aromatic N) is 1. The second-order valence-electron chi connectivity index (χ2n) is 4.88. The minimum Gasteiger partial charge on any atom is -0.487 e. The van der Waals surface area contributed by atoms with Gasteiger partial charge in [-0.05, 0) is 54.7 Å². The number of benzene rings is 1. The van der Waals surface area contributed by atoms with Gasteiger partial charge in [0.05, 0.1) is 11.8 Å². The fourth-order valence-electron chi connectivity index (χ4n) is 2.50. The molecule has 0 saturated heterocycles. The van der Waals surface area contributed by atoms with Gasteiger partial charge in [0.15, 0.2) is 0 Å². The lowest BCUT2D eigenvalue weighted by molar-refractivity contribution is 0.156. The van der Waals surface area contributed by atoms with Gasteiger partial charge in [-0.15, -0.1) is 0 Å². The zero-order valence-electron chi connectivity index (χ0n) is 10.7. The highest BCUT2D eigenvalue weighted by Gasteiger charge is 2.18. The molecule has 98 valence electrons. The molecule has 0 amide bonds. The van der Waals surface area contributed by atoms with Crippen molar-refractivity contribution in [2.24, 2.45) is 0 Å². The van der Waals surface area contributed by atoms with Gasteiger partial charge in [0, 0.05) is 6.20 Å². The maximum absolute atomic E-state index is 9.91. The number of aliphatic hydroxyl groups is 1. The topological polar surface area (TPSA) is 42.4 Å². The predicted octanol–water partition coefficient (Wildman–Crippen LogP) is 3.03. The number of fused-ring (bicyclic) bond motifs is 1. The van der Waals surface area contributed by atoms with Crippen molar-refractivity contribution >= 4 is 0 Å². The first kappa shape index (κ1) is 12.2. The summed E-state index contributed by atoms with van der Waals surface area (Å²) in [5.41, 5.74) is 3.17. The molecule has 1 aliphatic rings. The maximum Gasteiger partial charge on any atom is 0.130 e. The molecule has 3 nitrogen and oxygen atoms in total. The van der Waals surface area contributed by atoms with Crippen LogP contribution in [0.25, 0.3) is 0 Å². The van der Waals surface area contributed by atoms with E-state index in [4.69, 9.17) is 4.74 Å². The molecule has 1 unspecified atom stereocenters. The van der Waals surface area contributed by atoms with Crippen molar-refractivity contribution in [3.63, 3.8) is 0 Å². The highest BCUT2D eigenvalue weighted by Crippen LogP contribution is 2.32. The van der Waals surface area contributed by atoms with Gasteiger partial charge < -0.3 is 9.84 Å². The summed E-state index contributed by atoms with van der Waals surface area (Å²) in [6.07, 6.45) is 4.38. The highest BCUT2D eigenvalue weighted by molar-refractivity contribution is 5.38. The highest BCUT2D eigenvalue weighted by atomic mass is 16.5. The lowest BCUT2D eigenvalue weighted by Crippen LogP contribution is -2.09. The quantitative estimate of drug-likeness (QED) is 0.916. The number of aromatic nitrogens is 1. The second kappa shape index (κ2) is 5.41. The number of rotatable bonds is 3. The summed E-state index contributed by atoms with van der Waals surface area (Å²) in [6.45, 7) is 0.474. The van der Waals surface area contributed by atoms with Crippen LogP contribution >= 0.6 is 0 Å². The van der Waals surface area contributed by atoms with Crippen molar-refractivity contribution in [2.45, 2.75) is 32.0 Å². The number of hydrogen-bond acceptors (Lipinski definition) is 3. The van der Waals surface area contributed by atoms with E-state index in [9.17, 15) is 5.11 Å². The molecule has 0 saturated carbocycles. The maximum atomic E-state index is 9.91. The van der Waals surface area contributed by atoms with Crippen molar-refractivity contribution in [3.8, 4) is 5.75 Å². The molecule has 2 aromatic rings. The SMILES string of the molecule is OC1CCCc2cc(OCc3ccccn3)ccc21. The number of hydrogen-bond donors (Lipinski definition) is 1. The van der Waals surface area contributed by atoms with Gasteiger partial charge in [-0.2, -0.15) is 0 Å². The summed E-state index contributed by atoms with van der Waals surface area (Å²) in [4.78, 5) is 4.23. The van der Waals surface area contributed by atoms with Crippen LogP contribution in [0.3, 0.4) is 0 Å². The molecule has 19 heavy (non-hydrogen) atoms. The van der Waals surface area contributed by atoms with Gasteiger partial charge in [0.1, 0.15) is 12.4 Å². The molecule has 1 atom stereocenters. The Labute approximate surface area is 112 Å². The second-order valence-corrected chi connectivity index (χ2v) is 4.88. The first-order chi connectivity index (χ1) is 9.33. The molecule has 1 aromatic heterocycles. The zero-order valence-corrected chi connectivity index (χ0v) is 10.7. The Balaban J connectivity index is 1.72. The van der Waals surface area contributed by atoms with E-state index in [0.29, 0.717) is 6.61 Å². The molecular formula is C16H17NO2. The smallest absolute Gasteiger partial charge is 0.130 e. The molecular weight excluding hydrogens is 238 g/mol. The molecule has 0 fully saturated rings. The van der Waals surface area contributed by atoms with Crippen LogP contribution in [0.5, 0.6) is 5.75 Å². The third-order valence-corrected chi connectivity index (χ3v) is 3.51. The number of aryl methyl sites for hydroxylation is 1. The Morgan fingerprint density at radius 3 is 3.05 bits per heavy atom. The van der Waals surface area contributed by atoms with E-state index < -0.39 is 0 Å². The molecule has 0 spiro atoms. The van der Waals surface area contributed by atoms with Crippen LogP contribution in [0.4, 0.5) is 0 Å². The Bertz CT molecular complexity index is 554. The first-order valence-electron chi connectivity index (χ1n) is 6.66. The molecule has 0 aliphatic heterocycles. The summed E-state index contributed by atoms with van der Waals surface area (Å²) in [5, 5.41) is 9.91. The third kappa shape index (κ3) is 2.76. The van der Waals surface area contributed by atoms with Crippen LogP contribution in [0.1, 0.15) is 35.8 Å². The van der Waals surface area contributed by atoms with Crippen LogP contribution in [-0.2, 0) is 13.0 Å². The molecule has 1 heterocycles. The zero-order chi connectivity index (χ0) is 13.1. The van der Waals surface area contributed by atoms with Crippen molar-refractivity contribution in [1.29, 1.82) is 0 Å². The van der Waals surface area contributed by atoms with Crippen LogP contribution < -0.4 is 4.74 Å². The summed E-state index contributed by atoms with van der Waals surface area (Å²) in [6, 6.07) is 11.7. The fourth-order valence-corrected chi connectivity index (χ4v) is 2.50. The lowest BCUT2D eigenvalue weighted by atomic mass is 9.89. The monoisotopic (exact) mass is 255 g/mol. The number of ether oxygens (including phenoxy) is 1. The van der Waals surface area contributed by atoms with Crippen LogP contribution in [0.2, 0.25) is 0 Å². The van der Waals surface area contributed by atoms with Gasteiger partial charge in [0.2, 0.25) is 0 Å². The van der Waals surface area contributed by atoms with E-state index in [1.165, 1.54) is 5.56 Å². The summed E-state index contributed by atoms with van der Waals surface area (Å²) in [5.74, 6) is 0.846. The van der Waals surface area contributed by atoms with Crippen molar-refractivity contribution in [1.82, 2.24) is 4.98 Å². The molecule has 1 aromatic carbocycles. The lowest BCUT2D eigenvalue weighted by Gasteiger charge is -2.21. The van der Waals surface area contributed by atoms with Gasteiger partial charge in [-0.3, -0.25) is 4.98 Å². The standard InChI is InChI=1S/C16H17NO2/c18-16-6-3-4-12-10-14(7-8-15(12)16)19-11-13-5-1-2-9-17-13/h1-2,5,7-10,16,18H,3-4,6,11H2. The minimum atomic E-state index is -0.311. The molecule has 0 bridgehead atoms. The van der Waals surface area contributed by atoms with Crippen LogP contribution in [0.15, 0.2) is 42.6 Å². The van der Waals surface area contributed by atoms with Crippen molar-refractivity contribution < 1.29 is 9.84 Å². The van der Waals surface area contributed by atoms with Crippen LogP contribution in [-0.4, -0.2) is 10.1 Å². The summed E-state index contributed by atoms with van der Waals surface area (Å²) in [7, 11) is 0.